The van der Waals surface area contributed by atoms with Crippen LogP contribution in [0.2, 0.25) is 0 Å². The van der Waals surface area contributed by atoms with Crippen molar-refractivity contribution in [1.82, 2.24) is 25.5 Å². The minimum atomic E-state index is -3.41. The maximum Gasteiger partial charge on any atom is 0.231 e. The van der Waals surface area contributed by atoms with Gasteiger partial charge in [-0.1, -0.05) is 0 Å². The van der Waals surface area contributed by atoms with Crippen LogP contribution < -0.4 is 15.4 Å². The summed E-state index contributed by atoms with van der Waals surface area (Å²) in [5.41, 5.74) is 2.80. The number of hydrogen-bond donors (Lipinski definition) is 4. The molecule has 0 aliphatic heterocycles. The first-order chi connectivity index (χ1) is 13.4. The third-order valence-corrected chi connectivity index (χ3v) is 4.12. The normalized spacial score (nSPS) is 11.9. The molecule has 3 aromatic heterocycles. The number of anilines is 3. The molecular formula is C17H18N8O2S. The molecule has 0 atom stereocenters. The second kappa shape index (κ2) is 7.96. The summed E-state index contributed by atoms with van der Waals surface area (Å²) in [6.07, 6.45) is 5.67. The number of aromatic nitrogens is 4. The maximum atomic E-state index is 11.2. The third kappa shape index (κ3) is 4.76. The molecule has 0 spiro atoms. The van der Waals surface area contributed by atoms with Crippen LogP contribution in [0.1, 0.15) is 5.56 Å². The number of pyridine rings is 2. The fraction of sp³-hybridized carbons (Fsp3) is 0.118. The van der Waals surface area contributed by atoms with Gasteiger partial charge in [-0.2, -0.15) is 0 Å². The summed E-state index contributed by atoms with van der Waals surface area (Å²) in [5.74, 6) is 1.06. The van der Waals surface area contributed by atoms with Crippen molar-refractivity contribution in [3.05, 3.63) is 48.3 Å². The van der Waals surface area contributed by atoms with E-state index in [1.165, 1.54) is 12.3 Å². The Balaban J connectivity index is 1.85. The van der Waals surface area contributed by atoms with Crippen LogP contribution in [0.4, 0.5) is 17.5 Å². The van der Waals surface area contributed by atoms with E-state index in [4.69, 9.17) is 5.41 Å². The summed E-state index contributed by atoms with van der Waals surface area (Å²) >= 11 is 0. The van der Waals surface area contributed by atoms with Gasteiger partial charge in [-0.05, 0) is 30.3 Å². The Kier molecular flexibility index (Phi) is 5.45. The molecule has 3 aromatic rings. The highest BCUT2D eigenvalue weighted by molar-refractivity contribution is 7.92. The molecule has 10 nitrogen and oxygen atoms in total. The SMILES string of the molecule is CN/C=C(\C=N)c1cnc2ccc(Nc3ccc(NS(C)(=O)=O)nn3)nc2c1. The van der Waals surface area contributed by atoms with Crippen LogP contribution in [-0.4, -0.2) is 48.1 Å². The molecule has 0 aliphatic carbocycles. The predicted octanol–water partition coefficient (Wildman–Crippen LogP) is 1.74. The van der Waals surface area contributed by atoms with Crippen molar-refractivity contribution >= 4 is 50.3 Å². The van der Waals surface area contributed by atoms with Crippen molar-refractivity contribution < 1.29 is 8.42 Å². The van der Waals surface area contributed by atoms with Crippen LogP contribution in [0.15, 0.2) is 42.7 Å². The van der Waals surface area contributed by atoms with Crippen molar-refractivity contribution in [3.8, 4) is 0 Å². The van der Waals surface area contributed by atoms with Crippen LogP contribution in [0.25, 0.3) is 16.6 Å². The summed E-state index contributed by atoms with van der Waals surface area (Å²) in [4.78, 5) is 8.88. The molecule has 3 heterocycles. The minimum Gasteiger partial charge on any atom is -0.393 e. The van der Waals surface area contributed by atoms with Gasteiger partial charge in [-0.25, -0.2) is 13.4 Å². The van der Waals surface area contributed by atoms with E-state index in [1.807, 2.05) is 12.1 Å². The summed E-state index contributed by atoms with van der Waals surface area (Å²) in [6, 6.07) is 8.49. The fourth-order valence-corrected chi connectivity index (χ4v) is 2.86. The lowest BCUT2D eigenvalue weighted by molar-refractivity contribution is 0.606. The van der Waals surface area contributed by atoms with Crippen LogP contribution in [0.3, 0.4) is 0 Å². The van der Waals surface area contributed by atoms with Gasteiger partial charge in [0.05, 0.1) is 17.3 Å². The zero-order valence-electron chi connectivity index (χ0n) is 15.1. The number of hydrogen-bond acceptors (Lipinski definition) is 9. The predicted molar refractivity (Wildman–Crippen MR) is 109 cm³/mol. The highest BCUT2D eigenvalue weighted by Gasteiger charge is 2.07. The lowest BCUT2D eigenvalue weighted by Crippen LogP contribution is -2.11. The Morgan fingerprint density at radius 1 is 1.07 bits per heavy atom. The van der Waals surface area contributed by atoms with Gasteiger partial charge in [0.1, 0.15) is 5.82 Å². The van der Waals surface area contributed by atoms with Gasteiger partial charge in [0.2, 0.25) is 10.0 Å². The first-order valence-corrected chi connectivity index (χ1v) is 10.0. The van der Waals surface area contributed by atoms with Crippen LogP contribution in [-0.2, 0) is 10.0 Å². The number of nitrogens with one attached hydrogen (secondary N) is 4. The highest BCUT2D eigenvalue weighted by Crippen LogP contribution is 2.20. The lowest BCUT2D eigenvalue weighted by Gasteiger charge is -2.08. The molecule has 11 heteroatoms. The zero-order chi connectivity index (χ0) is 20.1. The van der Waals surface area contributed by atoms with E-state index in [0.717, 1.165) is 11.8 Å². The summed E-state index contributed by atoms with van der Waals surface area (Å²) in [5, 5.41) is 21.2. The maximum absolute atomic E-state index is 11.2. The van der Waals surface area contributed by atoms with Gasteiger partial charge in [0, 0.05) is 36.8 Å². The van der Waals surface area contributed by atoms with Crippen molar-refractivity contribution in [2.45, 2.75) is 0 Å². The number of rotatable bonds is 7. The van der Waals surface area contributed by atoms with E-state index < -0.39 is 10.0 Å². The molecular weight excluding hydrogens is 380 g/mol. The van der Waals surface area contributed by atoms with Gasteiger partial charge >= 0.3 is 0 Å². The zero-order valence-corrected chi connectivity index (χ0v) is 15.9. The number of nitrogens with zero attached hydrogens (tertiary/aromatic N) is 4. The average Bonchev–Trinajstić information content (AvgIpc) is 2.66. The second-order valence-corrected chi connectivity index (χ2v) is 7.54. The number of allylic oxidation sites excluding steroid dienone is 1. The smallest absolute Gasteiger partial charge is 0.231 e. The van der Waals surface area contributed by atoms with E-state index in [9.17, 15) is 8.42 Å². The van der Waals surface area contributed by atoms with Gasteiger partial charge in [-0.3, -0.25) is 9.71 Å². The summed E-state index contributed by atoms with van der Waals surface area (Å²) in [6.45, 7) is 0. The van der Waals surface area contributed by atoms with E-state index in [0.29, 0.717) is 28.2 Å². The molecule has 28 heavy (non-hydrogen) atoms. The molecule has 144 valence electrons. The first kappa shape index (κ1) is 19.2. The van der Waals surface area contributed by atoms with Crippen molar-refractivity contribution in [1.29, 1.82) is 5.41 Å². The van der Waals surface area contributed by atoms with Crippen molar-refractivity contribution in [2.24, 2.45) is 0 Å². The van der Waals surface area contributed by atoms with E-state index >= 15 is 0 Å². The molecule has 0 saturated heterocycles. The average molecular weight is 398 g/mol. The molecule has 0 amide bonds. The van der Waals surface area contributed by atoms with E-state index in [2.05, 4.69) is 35.5 Å². The number of fused-ring (bicyclic) bond motifs is 1. The second-order valence-electron chi connectivity index (χ2n) is 5.79. The van der Waals surface area contributed by atoms with Crippen LogP contribution >= 0.6 is 0 Å². The molecule has 0 saturated carbocycles. The number of sulfonamides is 1. The molecule has 4 N–H and O–H groups in total. The van der Waals surface area contributed by atoms with Crippen molar-refractivity contribution in [3.63, 3.8) is 0 Å². The van der Waals surface area contributed by atoms with Crippen LogP contribution in [0, 0.1) is 5.41 Å². The molecule has 0 radical (unpaired) electrons. The van der Waals surface area contributed by atoms with Gasteiger partial charge < -0.3 is 16.0 Å². The Bertz CT molecular complexity index is 1140. The minimum absolute atomic E-state index is 0.129. The topological polar surface area (TPSA) is 146 Å². The quantitative estimate of drug-likeness (QED) is 0.440. The van der Waals surface area contributed by atoms with Gasteiger partial charge in [0.15, 0.2) is 11.6 Å². The molecule has 0 fully saturated rings. The lowest BCUT2D eigenvalue weighted by atomic mass is 10.1. The fourth-order valence-electron chi connectivity index (χ4n) is 2.37. The largest absolute Gasteiger partial charge is 0.393 e. The molecule has 0 bridgehead atoms. The standard InChI is InChI=1S/C17H18N8O2S/c1-19-9-12(8-18)11-7-14-13(20-10-11)3-4-15(21-14)22-16-5-6-17(24-23-16)25-28(2,26)27/h3-10,18-19H,1-2H3,(H,24,25)(H,21,22,23)/b12-9+,18-8?. The van der Waals surface area contributed by atoms with Crippen LogP contribution in [0.5, 0.6) is 0 Å². The monoisotopic (exact) mass is 398 g/mol. The van der Waals surface area contributed by atoms with Crippen molar-refractivity contribution in [2.75, 3.05) is 23.3 Å². The first-order valence-electron chi connectivity index (χ1n) is 8.11. The summed E-state index contributed by atoms with van der Waals surface area (Å²) in [7, 11) is -1.65. The molecule has 0 aliphatic rings. The summed E-state index contributed by atoms with van der Waals surface area (Å²) < 4.78 is 24.7. The van der Waals surface area contributed by atoms with Gasteiger partial charge in [0.25, 0.3) is 0 Å². The molecule has 3 rings (SSSR count). The Morgan fingerprint density at radius 3 is 2.43 bits per heavy atom. The Hall–Kier alpha value is -3.60. The molecule has 0 unspecified atom stereocenters. The Morgan fingerprint density at radius 2 is 1.79 bits per heavy atom. The Labute approximate surface area is 161 Å². The highest BCUT2D eigenvalue weighted by atomic mass is 32.2. The third-order valence-electron chi connectivity index (χ3n) is 3.54. The molecule has 0 aromatic carbocycles. The van der Waals surface area contributed by atoms with Gasteiger partial charge in [-0.15, -0.1) is 10.2 Å². The van der Waals surface area contributed by atoms with E-state index in [-0.39, 0.29) is 5.82 Å². The van der Waals surface area contributed by atoms with E-state index in [1.54, 1.807) is 31.6 Å².